The van der Waals surface area contributed by atoms with Crippen molar-refractivity contribution < 1.29 is 9.90 Å². The summed E-state index contributed by atoms with van der Waals surface area (Å²) in [6.45, 7) is 2.02. The molecule has 4 nitrogen and oxygen atoms in total. The molecule has 0 spiro atoms. The highest BCUT2D eigenvalue weighted by atomic mass is 32.1. The number of benzene rings is 1. The summed E-state index contributed by atoms with van der Waals surface area (Å²) in [5.41, 5.74) is 2.18. The number of aromatic nitrogens is 1. The van der Waals surface area contributed by atoms with Gasteiger partial charge in [-0.15, -0.1) is 0 Å². The van der Waals surface area contributed by atoms with Gasteiger partial charge >= 0.3 is 5.97 Å². The number of anilines is 2. The number of aromatic carboxylic acids is 1. The van der Waals surface area contributed by atoms with Gasteiger partial charge in [0, 0.05) is 12.7 Å². The van der Waals surface area contributed by atoms with Gasteiger partial charge in [-0.2, -0.15) is 0 Å². The summed E-state index contributed by atoms with van der Waals surface area (Å²) in [6, 6.07) is 7.99. The SMILES string of the molecule is Cc1ccc(N(C)c2ncc(C(=O)O)s2)cc1. The van der Waals surface area contributed by atoms with Gasteiger partial charge in [0.05, 0.1) is 6.20 Å². The van der Waals surface area contributed by atoms with Crippen LogP contribution in [-0.4, -0.2) is 23.1 Å². The lowest BCUT2D eigenvalue weighted by atomic mass is 10.2. The second kappa shape index (κ2) is 4.55. The molecule has 2 rings (SSSR count). The molecular weight excluding hydrogens is 236 g/mol. The van der Waals surface area contributed by atoms with Gasteiger partial charge in [-0.05, 0) is 19.1 Å². The summed E-state index contributed by atoms with van der Waals surface area (Å²) in [4.78, 5) is 17.0. The molecule has 0 fully saturated rings. The van der Waals surface area contributed by atoms with E-state index < -0.39 is 5.97 Å². The number of carboxylic acid groups (broad SMARTS) is 1. The lowest BCUT2D eigenvalue weighted by Crippen LogP contribution is -2.08. The molecule has 0 amide bonds. The van der Waals surface area contributed by atoms with Crippen LogP contribution in [0.3, 0.4) is 0 Å². The first kappa shape index (κ1) is 11.6. The number of hydrogen-bond donors (Lipinski definition) is 1. The minimum Gasteiger partial charge on any atom is -0.477 e. The molecule has 0 saturated carbocycles. The molecule has 0 aliphatic heterocycles. The molecule has 0 bridgehead atoms. The summed E-state index contributed by atoms with van der Waals surface area (Å²) < 4.78 is 0. The summed E-state index contributed by atoms with van der Waals surface area (Å²) in [7, 11) is 1.87. The zero-order valence-corrected chi connectivity index (χ0v) is 10.4. The highest BCUT2D eigenvalue weighted by Gasteiger charge is 2.12. The lowest BCUT2D eigenvalue weighted by molar-refractivity contribution is 0.0702. The minimum absolute atomic E-state index is 0.249. The van der Waals surface area contributed by atoms with E-state index in [4.69, 9.17) is 5.11 Å². The highest BCUT2D eigenvalue weighted by molar-refractivity contribution is 7.17. The Bertz CT molecular complexity index is 534. The van der Waals surface area contributed by atoms with Gasteiger partial charge in [0.1, 0.15) is 4.88 Å². The fourth-order valence-electron chi connectivity index (χ4n) is 1.40. The Labute approximate surface area is 103 Å². The predicted octanol–water partition coefficient (Wildman–Crippen LogP) is 2.92. The number of hydrogen-bond acceptors (Lipinski definition) is 4. The van der Waals surface area contributed by atoms with Crippen molar-refractivity contribution >= 4 is 28.1 Å². The zero-order valence-electron chi connectivity index (χ0n) is 9.54. The molecule has 1 heterocycles. The Balaban J connectivity index is 2.27. The number of aryl methyl sites for hydroxylation is 1. The van der Waals surface area contributed by atoms with Gasteiger partial charge in [0.2, 0.25) is 0 Å². The first-order valence-corrected chi connectivity index (χ1v) is 5.89. The highest BCUT2D eigenvalue weighted by Crippen LogP contribution is 2.27. The van der Waals surface area contributed by atoms with Crippen molar-refractivity contribution in [1.29, 1.82) is 0 Å². The summed E-state index contributed by atoms with van der Waals surface area (Å²) >= 11 is 1.16. The molecule has 17 heavy (non-hydrogen) atoms. The second-order valence-corrected chi connectivity index (χ2v) is 4.72. The van der Waals surface area contributed by atoms with Crippen molar-refractivity contribution in [3.05, 3.63) is 40.9 Å². The molecule has 0 unspecified atom stereocenters. The Kier molecular flexibility index (Phi) is 3.10. The standard InChI is InChI=1S/C12H12N2O2S/c1-8-3-5-9(6-4-8)14(2)12-13-7-10(17-12)11(15)16/h3-7H,1-2H3,(H,15,16). The molecule has 5 heteroatoms. The second-order valence-electron chi connectivity index (χ2n) is 3.71. The number of carbonyl (C=O) groups is 1. The molecule has 1 N–H and O–H groups in total. The summed E-state index contributed by atoms with van der Waals surface area (Å²) in [6.07, 6.45) is 1.38. The minimum atomic E-state index is -0.939. The van der Waals surface area contributed by atoms with Gasteiger partial charge < -0.3 is 10.0 Å². The van der Waals surface area contributed by atoms with Gasteiger partial charge in [-0.25, -0.2) is 9.78 Å². The van der Waals surface area contributed by atoms with Crippen LogP contribution in [0.15, 0.2) is 30.5 Å². The predicted molar refractivity (Wildman–Crippen MR) is 68.3 cm³/mol. The largest absolute Gasteiger partial charge is 0.477 e. The van der Waals surface area contributed by atoms with Crippen LogP contribution in [0.4, 0.5) is 10.8 Å². The van der Waals surface area contributed by atoms with E-state index in [9.17, 15) is 4.79 Å². The Morgan fingerprint density at radius 3 is 2.53 bits per heavy atom. The molecule has 1 aromatic heterocycles. The third-order valence-corrected chi connectivity index (χ3v) is 3.47. The van der Waals surface area contributed by atoms with Gasteiger partial charge in [0.15, 0.2) is 5.13 Å². The van der Waals surface area contributed by atoms with Crippen molar-refractivity contribution in [2.24, 2.45) is 0 Å². The fourth-order valence-corrected chi connectivity index (χ4v) is 2.13. The van der Waals surface area contributed by atoms with Gasteiger partial charge in [0.25, 0.3) is 0 Å². The molecule has 2 aromatic rings. The van der Waals surface area contributed by atoms with Crippen LogP contribution >= 0.6 is 11.3 Å². The van der Waals surface area contributed by atoms with E-state index >= 15 is 0 Å². The van der Waals surface area contributed by atoms with E-state index in [0.29, 0.717) is 5.13 Å². The van der Waals surface area contributed by atoms with Crippen LogP contribution in [-0.2, 0) is 0 Å². The van der Waals surface area contributed by atoms with Crippen molar-refractivity contribution in [2.75, 3.05) is 11.9 Å². The van der Waals surface area contributed by atoms with E-state index in [2.05, 4.69) is 4.98 Å². The topological polar surface area (TPSA) is 53.4 Å². The first-order chi connectivity index (χ1) is 8.08. The Hall–Kier alpha value is -1.88. The monoisotopic (exact) mass is 248 g/mol. The van der Waals surface area contributed by atoms with E-state index in [1.54, 1.807) is 0 Å². The zero-order chi connectivity index (χ0) is 12.4. The maximum absolute atomic E-state index is 10.8. The van der Waals surface area contributed by atoms with Crippen LogP contribution in [0.2, 0.25) is 0 Å². The maximum Gasteiger partial charge on any atom is 0.347 e. The molecule has 0 aliphatic carbocycles. The number of nitrogens with zero attached hydrogens (tertiary/aromatic N) is 2. The van der Waals surface area contributed by atoms with Crippen molar-refractivity contribution in [3.8, 4) is 0 Å². The van der Waals surface area contributed by atoms with Crippen molar-refractivity contribution in [1.82, 2.24) is 4.98 Å². The van der Waals surface area contributed by atoms with Crippen molar-refractivity contribution in [3.63, 3.8) is 0 Å². The van der Waals surface area contributed by atoms with Crippen molar-refractivity contribution in [2.45, 2.75) is 6.92 Å². The lowest BCUT2D eigenvalue weighted by Gasteiger charge is -2.15. The molecule has 0 saturated heterocycles. The summed E-state index contributed by atoms with van der Waals surface area (Å²) in [5, 5.41) is 9.51. The van der Waals surface area contributed by atoms with Crippen LogP contribution in [0.25, 0.3) is 0 Å². The van der Waals surface area contributed by atoms with E-state index in [0.717, 1.165) is 17.0 Å². The average molecular weight is 248 g/mol. The number of thiazole rings is 1. The van der Waals surface area contributed by atoms with Crippen LogP contribution < -0.4 is 4.90 Å². The van der Waals surface area contributed by atoms with Crippen LogP contribution in [0.5, 0.6) is 0 Å². The maximum atomic E-state index is 10.8. The molecule has 0 atom stereocenters. The van der Waals surface area contributed by atoms with Gasteiger partial charge in [-0.3, -0.25) is 0 Å². The normalized spacial score (nSPS) is 10.2. The molecule has 0 radical (unpaired) electrons. The van der Waals surface area contributed by atoms with E-state index in [-0.39, 0.29) is 4.88 Å². The number of carboxylic acids is 1. The molecular formula is C12H12N2O2S. The quantitative estimate of drug-likeness (QED) is 0.907. The third-order valence-electron chi connectivity index (χ3n) is 2.41. The first-order valence-electron chi connectivity index (χ1n) is 5.07. The Morgan fingerprint density at radius 1 is 1.35 bits per heavy atom. The fraction of sp³-hybridized carbons (Fsp3) is 0.167. The van der Waals surface area contributed by atoms with Crippen LogP contribution in [0, 0.1) is 6.92 Å². The number of rotatable bonds is 3. The summed E-state index contributed by atoms with van der Waals surface area (Å²) in [5.74, 6) is -0.939. The third kappa shape index (κ3) is 2.45. The molecule has 88 valence electrons. The van der Waals surface area contributed by atoms with E-state index in [1.165, 1.54) is 11.8 Å². The molecule has 0 aliphatic rings. The average Bonchev–Trinajstić information content (AvgIpc) is 2.78. The molecule has 1 aromatic carbocycles. The van der Waals surface area contributed by atoms with Gasteiger partial charge in [-0.1, -0.05) is 29.0 Å². The Morgan fingerprint density at radius 2 is 2.00 bits per heavy atom. The van der Waals surface area contributed by atoms with E-state index in [1.807, 2.05) is 43.1 Å². The van der Waals surface area contributed by atoms with Crippen LogP contribution in [0.1, 0.15) is 15.2 Å². The smallest absolute Gasteiger partial charge is 0.347 e.